The predicted molar refractivity (Wildman–Crippen MR) is 25.8 cm³/mol. The lowest BCUT2D eigenvalue weighted by molar-refractivity contribution is 0.474. The van der Waals surface area contributed by atoms with Gasteiger partial charge in [-0.1, -0.05) is 6.07 Å². The summed E-state index contributed by atoms with van der Waals surface area (Å²) in [5.41, 5.74) is 0. The molecule has 1 rings (SSSR count). The van der Waals surface area contributed by atoms with Gasteiger partial charge in [0.2, 0.25) is 0 Å². The Kier molecular flexibility index (Phi) is 0.984. The van der Waals surface area contributed by atoms with Crippen LogP contribution < -0.4 is 0 Å². The van der Waals surface area contributed by atoms with Crippen molar-refractivity contribution in [2.75, 3.05) is 0 Å². The molecule has 0 aliphatic heterocycles. The van der Waals surface area contributed by atoms with Crippen LogP contribution in [0, 0.1) is 12.1 Å². The third-order valence-electron chi connectivity index (χ3n) is 0.641. The number of benzene rings is 1. The van der Waals surface area contributed by atoms with E-state index in [4.69, 9.17) is 5.11 Å². The summed E-state index contributed by atoms with van der Waals surface area (Å²) < 4.78 is 0. The molecule has 0 heterocycles. The first-order chi connectivity index (χ1) is 3.39. The van der Waals surface area contributed by atoms with Crippen molar-refractivity contribution in [3.8, 4) is 5.75 Å². The van der Waals surface area contributed by atoms with Gasteiger partial charge in [0.15, 0.2) is 0 Å². The molecule has 0 spiro atoms. The fraction of sp³-hybridized carbons (Fsp3) is 0. The molecule has 0 saturated heterocycles. The summed E-state index contributed by atoms with van der Waals surface area (Å²) >= 11 is 0. The quantitative estimate of drug-likeness (QED) is 0.506. The summed E-state index contributed by atoms with van der Waals surface area (Å²) in [6.45, 7) is 0. The van der Waals surface area contributed by atoms with Crippen LogP contribution >= 0.6 is 0 Å². The summed E-state index contributed by atoms with van der Waals surface area (Å²) in [6.07, 6.45) is 0. The van der Waals surface area contributed by atoms with E-state index in [2.05, 4.69) is 12.1 Å². The number of hydrogen-bond acceptors (Lipinski definition) is 1. The van der Waals surface area contributed by atoms with Crippen LogP contribution in [0.3, 0.4) is 0 Å². The van der Waals surface area contributed by atoms with E-state index in [1.165, 1.54) is 12.1 Å². The zero-order valence-corrected chi connectivity index (χ0v) is 3.68. The molecule has 0 saturated carbocycles. The highest BCUT2D eigenvalue weighted by atomic mass is 16.3. The van der Waals surface area contributed by atoms with E-state index in [1.54, 1.807) is 6.07 Å². The summed E-state index contributed by atoms with van der Waals surface area (Å²) in [4.78, 5) is 0. The second kappa shape index (κ2) is 1.65. The molecular weight excluding hydrogens is 88.1 g/mol. The summed E-state index contributed by atoms with van der Waals surface area (Å²) in [7, 11) is 0. The summed E-state index contributed by atoms with van der Waals surface area (Å²) in [6, 6.07) is 9.94. The van der Waals surface area contributed by atoms with Crippen LogP contribution in [0.15, 0.2) is 18.2 Å². The Morgan fingerprint density at radius 2 is 2.43 bits per heavy atom. The van der Waals surface area contributed by atoms with E-state index < -0.39 is 0 Å². The van der Waals surface area contributed by atoms with Gasteiger partial charge in [-0.25, -0.2) is 0 Å². The van der Waals surface area contributed by atoms with Crippen LogP contribution in [0.4, 0.5) is 0 Å². The minimum Gasteiger partial charge on any atom is -0.507 e. The van der Waals surface area contributed by atoms with Crippen molar-refractivity contribution >= 4 is 0 Å². The second-order valence-corrected chi connectivity index (χ2v) is 1.17. The third-order valence-corrected chi connectivity index (χ3v) is 0.641. The molecule has 0 aromatic heterocycles. The molecule has 0 bridgehead atoms. The van der Waals surface area contributed by atoms with Crippen LogP contribution in [0.2, 0.25) is 0 Å². The number of phenols is 1. The smallest absolute Gasteiger partial charge is 0.123 e. The van der Waals surface area contributed by atoms with Crippen LogP contribution in [-0.2, 0) is 0 Å². The fourth-order valence-electron chi connectivity index (χ4n) is 0.339. The molecule has 0 unspecified atom stereocenters. The number of phenolic OH excluding ortho intramolecular Hbond substituents is 1. The van der Waals surface area contributed by atoms with Gasteiger partial charge in [-0.05, 0) is 18.2 Å². The third kappa shape index (κ3) is 0.929. The average Bonchev–Trinajstić information content (AvgIpc) is 1.69. The normalized spacial score (nSPS) is 8.57. The lowest BCUT2D eigenvalue weighted by atomic mass is 10.3. The van der Waals surface area contributed by atoms with Crippen LogP contribution in [0.1, 0.15) is 0 Å². The maximum atomic E-state index is 8.56. The van der Waals surface area contributed by atoms with E-state index in [-0.39, 0.29) is 5.75 Å². The molecule has 0 amide bonds. The SMILES string of the molecule is Oc1[c]c[c]cc1. The Labute approximate surface area is 42.2 Å². The van der Waals surface area contributed by atoms with E-state index >= 15 is 0 Å². The molecule has 1 heteroatoms. The van der Waals surface area contributed by atoms with E-state index in [9.17, 15) is 0 Å². The van der Waals surface area contributed by atoms with Gasteiger partial charge in [0.25, 0.3) is 0 Å². The van der Waals surface area contributed by atoms with Gasteiger partial charge in [0.05, 0.1) is 0 Å². The molecule has 0 atom stereocenters. The van der Waals surface area contributed by atoms with Gasteiger partial charge < -0.3 is 5.11 Å². The number of rotatable bonds is 0. The molecular formula is C6H4O. The summed E-state index contributed by atoms with van der Waals surface area (Å²) in [5.74, 6) is 0.166. The highest BCUT2D eigenvalue weighted by Crippen LogP contribution is 2.01. The molecule has 1 aromatic carbocycles. The molecule has 0 aliphatic rings. The molecule has 1 N–H and O–H groups in total. The predicted octanol–water partition coefficient (Wildman–Crippen LogP) is 0.993. The second-order valence-electron chi connectivity index (χ2n) is 1.17. The number of hydrogen-bond donors (Lipinski definition) is 1. The van der Waals surface area contributed by atoms with Gasteiger partial charge in [-0.3, -0.25) is 0 Å². The average molecular weight is 92.1 g/mol. The van der Waals surface area contributed by atoms with E-state index in [0.717, 1.165) is 0 Å². The minimum absolute atomic E-state index is 0.166. The van der Waals surface area contributed by atoms with Gasteiger partial charge in [0.1, 0.15) is 5.75 Å². The van der Waals surface area contributed by atoms with Crippen molar-refractivity contribution in [3.05, 3.63) is 30.3 Å². The minimum atomic E-state index is 0.166. The van der Waals surface area contributed by atoms with Gasteiger partial charge in [0, 0.05) is 6.07 Å². The van der Waals surface area contributed by atoms with Crippen molar-refractivity contribution in [1.82, 2.24) is 0 Å². The highest BCUT2D eigenvalue weighted by molar-refractivity contribution is 5.15. The maximum Gasteiger partial charge on any atom is 0.123 e. The zero-order chi connectivity index (χ0) is 5.11. The van der Waals surface area contributed by atoms with Crippen molar-refractivity contribution in [3.63, 3.8) is 0 Å². The molecule has 34 valence electrons. The fourth-order valence-corrected chi connectivity index (χ4v) is 0.339. The Morgan fingerprint density at radius 1 is 1.57 bits per heavy atom. The monoisotopic (exact) mass is 92.0 g/mol. The first-order valence-electron chi connectivity index (χ1n) is 1.96. The van der Waals surface area contributed by atoms with Gasteiger partial charge in [-0.15, -0.1) is 0 Å². The van der Waals surface area contributed by atoms with Crippen molar-refractivity contribution in [2.45, 2.75) is 0 Å². The highest BCUT2D eigenvalue weighted by Gasteiger charge is 1.76. The van der Waals surface area contributed by atoms with E-state index in [0.29, 0.717) is 0 Å². The molecule has 7 heavy (non-hydrogen) atoms. The zero-order valence-electron chi connectivity index (χ0n) is 3.68. The number of aromatic hydroxyl groups is 1. The standard InChI is InChI=1S/C6H4O/c7-6-4-2-1-3-5-6/h2-4,7H. The molecule has 2 radical (unpaired) electrons. The Bertz CT molecular complexity index is 134. The maximum absolute atomic E-state index is 8.56. The van der Waals surface area contributed by atoms with Crippen molar-refractivity contribution in [1.29, 1.82) is 0 Å². The topological polar surface area (TPSA) is 20.2 Å². The molecule has 0 fully saturated rings. The van der Waals surface area contributed by atoms with Crippen LogP contribution in [0.25, 0.3) is 0 Å². The largest absolute Gasteiger partial charge is 0.507 e. The van der Waals surface area contributed by atoms with Crippen LogP contribution in [0.5, 0.6) is 5.75 Å². The first-order valence-corrected chi connectivity index (χ1v) is 1.96. The molecule has 1 nitrogen and oxygen atoms in total. The van der Waals surface area contributed by atoms with Crippen molar-refractivity contribution in [2.24, 2.45) is 0 Å². The molecule has 0 aliphatic carbocycles. The lowest BCUT2D eigenvalue weighted by Crippen LogP contribution is -1.58. The van der Waals surface area contributed by atoms with Crippen LogP contribution in [-0.4, -0.2) is 5.11 Å². The Balaban J connectivity index is 3.02. The Morgan fingerprint density at radius 3 is 2.71 bits per heavy atom. The van der Waals surface area contributed by atoms with Gasteiger partial charge in [-0.2, -0.15) is 0 Å². The Hall–Kier alpha value is -0.980. The lowest BCUT2D eigenvalue weighted by Gasteiger charge is -1.80. The summed E-state index contributed by atoms with van der Waals surface area (Å²) in [5, 5.41) is 8.56. The first kappa shape index (κ1) is 4.19. The van der Waals surface area contributed by atoms with E-state index in [1.807, 2.05) is 0 Å². The molecule has 1 aromatic rings. The van der Waals surface area contributed by atoms with Gasteiger partial charge >= 0.3 is 0 Å². The van der Waals surface area contributed by atoms with Crippen molar-refractivity contribution < 1.29 is 5.11 Å².